The zero-order valence-corrected chi connectivity index (χ0v) is 13.0. The van der Waals surface area contributed by atoms with Crippen LogP contribution in [0.5, 0.6) is 5.88 Å². The highest BCUT2D eigenvalue weighted by Crippen LogP contribution is 2.29. The quantitative estimate of drug-likeness (QED) is 0.851. The van der Waals surface area contributed by atoms with E-state index in [1.807, 2.05) is 18.2 Å². The van der Waals surface area contributed by atoms with Gasteiger partial charge in [-0.2, -0.15) is 13.2 Å². The SMILES string of the molecule is FC(F)(F)c1ccc(N2CCC(COc3ccccn3)CC2)cn1. The number of rotatable bonds is 4. The van der Waals surface area contributed by atoms with Gasteiger partial charge in [0.2, 0.25) is 5.88 Å². The highest BCUT2D eigenvalue weighted by Gasteiger charge is 2.32. The summed E-state index contributed by atoms with van der Waals surface area (Å²) in [7, 11) is 0. The molecular formula is C17H18F3N3O. The molecule has 0 radical (unpaired) electrons. The van der Waals surface area contributed by atoms with Gasteiger partial charge in [0.15, 0.2) is 0 Å². The van der Waals surface area contributed by atoms with Crippen LogP contribution in [0.4, 0.5) is 18.9 Å². The lowest BCUT2D eigenvalue weighted by Gasteiger charge is -2.33. The average Bonchev–Trinajstić information content (AvgIpc) is 2.61. The third-order valence-corrected chi connectivity index (χ3v) is 4.12. The predicted molar refractivity (Wildman–Crippen MR) is 83.9 cm³/mol. The largest absolute Gasteiger partial charge is 0.477 e. The van der Waals surface area contributed by atoms with Gasteiger partial charge in [-0.05, 0) is 37.0 Å². The molecule has 7 heteroatoms. The van der Waals surface area contributed by atoms with Gasteiger partial charge in [0.1, 0.15) is 5.69 Å². The number of halogens is 3. The first kappa shape index (κ1) is 16.5. The molecule has 1 aliphatic heterocycles. The number of nitrogens with zero attached hydrogens (tertiary/aromatic N) is 3. The maximum absolute atomic E-state index is 12.5. The topological polar surface area (TPSA) is 38.2 Å². The van der Waals surface area contributed by atoms with E-state index in [2.05, 4.69) is 14.9 Å². The van der Waals surface area contributed by atoms with Crippen LogP contribution in [0, 0.1) is 5.92 Å². The van der Waals surface area contributed by atoms with Crippen molar-refractivity contribution in [2.45, 2.75) is 19.0 Å². The molecule has 3 heterocycles. The predicted octanol–water partition coefficient (Wildman–Crippen LogP) is 3.79. The Hall–Kier alpha value is -2.31. The minimum atomic E-state index is -4.39. The fourth-order valence-corrected chi connectivity index (χ4v) is 2.73. The molecule has 24 heavy (non-hydrogen) atoms. The Balaban J connectivity index is 1.50. The zero-order valence-electron chi connectivity index (χ0n) is 13.0. The maximum Gasteiger partial charge on any atom is 0.433 e. The molecule has 1 aliphatic rings. The minimum Gasteiger partial charge on any atom is -0.477 e. The van der Waals surface area contributed by atoms with E-state index in [1.165, 1.54) is 12.3 Å². The number of pyridine rings is 2. The van der Waals surface area contributed by atoms with Gasteiger partial charge in [0.05, 0.1) is 18.5 Å². The lowest BCUT2D eigenvalue weighted by Crippen LogP contribution is -2.35. The van der Waals surface area contributed by atoms with E-state index in [4.69, 9.17) is 4.74 Å². The summed E-state index contributed by atoms with van der Waals surface area (Å²) in [6.07, 6.45) is 0.444. The third kappa shape index (κ3) is 4.15. The first-order valence-electron chi connectivity index (χ1n) is 7.84. The molecule has 3 rings (SSSR count). The van der Waals surface area contributed by atoms with E-state index in [0.29, 0.717) is 18.4 Å². The van der Waals surface area contributed by atoms with Crippen molar-refractivity contribution in [2.24, 2.45) is 5.92 Å². The fraction of sp³-hybridized carbons (Fsp3) is 0.412. The molecule has 0 bridgehead atoms. The van der Waals surface area contributed by atoms with E-state index < -0.39 is 11.9 Å². The van der Waals surface area contributed by atoms with Crippen molar-refractivity contribution in [3.8, 4) is 5.88 Å². The summed E-state index contributed by atoms with van der Waals surface area (Å²) < 4.78 is 43.3. The highest BCUT2D eigenvalue weighted by atomic mass is 19.4. The molecule has 4 nitrogen and oxygen atoms in total. The smallest absolute Gasteiger partial charge is 0.433 e. The van der Waals surface area contributed by atoms with Crippen LogP contribution in [-0.4, -0.2) is 29.7 Å². The van der Waals surface area contributed by atoms with Crippen LogP contribution in [-0.2, 0) is 6.18 Å². The number of hydrogen-bond donors (Lipinski definition) is 0. The summed E-state index contributed by atoms with van der Waals surface area (Å²) in [4.78, 5) is 9.70. The molecule has 0 aromatic carbocycles. The Morgan fingerprint density at radius 1 is 1.08 bits per heavy atom. The standard InChI is InChI=1S/C17H18F3N3O/c18-17(19,20)15-5-4-14(11-22-15)23-9-6-13(7-10-23)12-24-16-3-1-2-8-21-16/h1-5,8,11,13H,6-7,9-10,12H2. The molecule has 1 fully saturated rings. The number of anilines is 1. The fourth-order valence-electron chi connectivity index (χ4n) is 2.73. The minimum absolute atomic E-state index is 0.422. The lowest BCUT2D eigenvalue weighted by molar-refractivity contribution is -0.141. The van der Waals surface area contributed by atoms with Crippen molar-refractivity contribution in [1.82, 2.24) is 9.97 Å². The number of piperidine rings is 1. The van der Waals surface area contributed by atoms with Crippen LogP contribution < -0.4 is 9.64 Å². The molecule has 0 amide bonds. The van der Waals surface area contributed by atoms with E-state index in [9.17, 15) is 13.2 Å². The normalized spacial score (nSPS) is 16.2. The summed E-state index contributed by atoms with van der Waals surface area (Å²) in [6.45, 7) is 2.17. The van der Waals surface area contributed by atoms with E-state index in [0.717, 1.165) is 37.7 Å². The lowest BCUT2D eigenvalue weighted by atomic mass is 9.97. The van der Waals surface area contributed by atoms with Crippen molar-refractivity contribution >= 4 is 5.69 Å². The molecular weight excluding hydrogens is 319 g/mol. The number of ether oxygens (including phenoxy) is 1. The molecule has 0 unspecified atom stereocenters. The average molecular weight is 337 g/mol. The van der Waals surface area contributed by atoms with E-state index in [-0.39, 0.29) is 0 Å². The van der Waals surface area contributed by atoms with Crippen molar-refractivity contribution in [1.29, 1.82) is 0 Å². The molecule has 0 aliphatic carbocycles. The van der Waals surface area contributed by atoms with Gasteiger partial charge >= 0.3 is 6.18 Å². The number of aromatic nitrogens is 2. The van der Waals surface area contributed by atoms with Crippen LogP contribution in [0.1, 0.15) is 18.5 Å². The van der Waals surface area contributed by atoms with Crippen LogP contribution >= 0.6 is 0 Å². The van der Waals surface area contributed by atoms with Gasteiger partial charge < -0.3 is 9.64 Å². The molecule has 2 aromatic heterocycles. The third-order valence-electron chi connectivity index (χ3n) is 4.12. The molecule has 0 saturated carbocycles. The van der Waals surface area contributed by atoms with Gasteiger partial charge in [-0.15, -0.1) is 0 Å². The van der Waals surface area contributed by atoms with Gasteiger partial charge in [-0.25, -0.2) is 9.97 Å². The van der Waals surface area contributed by atoms with Gasteiger partial charge in [0.25, 0.3) is 0 Å². The second kappa shape index (κ2) is 7.07. The summed E-state index contributed by atoms with van der Waals surface area (Å²) in [5, 5.41) is 0. The Morgan fingerprint density at radius 2 is 1.88 bits per heavy atom. The summed E-state index contributed by atoms with van der Waals surface area (Å²) in [5.41, 5.74) is -0.128. The van der Waals surface area contributed by atoms with Crippen LogP contribution in [0.3, 0.4) is 0 Å². The molecule has 0 spiro atoms. The van der Waals surface area contributed by atoms with Crippen LogP contribution in [0.25, 0.3) is 0 Å². The zero-order chi connectivity index (χ0) is 17.0. The van der Waals surface area contributed by atoms with Gasteiger partial charge in [0, 0.05) is 25.4 Å². The monoisotopic (exact) mass is 337 g/mol. The Kier molecular flexibility index (Phi) is 4.87. The van der Waals surface area contributed by atoms with Crippen LogP contribution in [0.2, 0.25) is 0 Å². The van der Waals surface area contributed by atoms with Gasteiger partial charge in [-0.1, -0.05) is 6.07 Å². The molecule has 1 saturated heterocycles. The summed E-state index contributed by atoms with van der Waals surface area (Å²) in [6, 6.07) is 8.06. The Bertz CT molecular complexity index is 638. The second-order valence-corrected chi connectivity index (χ2v) is 5.81. The molecule has 2 aromatic rings. The molecule has 0 atom stereocenters. The van der Waals surface area contributed by atoms with Crippen LogP contribution in [0.15, 0.2) is 42.7 Å². The first-order chi connectivity index (χ1) is 11.5. The van der Waals surface area contributed by atoms with Crippen molar-refractivity contribution in [3.63, 3.8) is 0 Å². The number of alkyl halides is 3. The Morgan fingerprint density at radius 3 is 2.46 bits per heavy atom. The molecule has 128 valence electrons. The number of hydrogen-bond acceptors (Lipinski definition) is 4. The Labute approximate surface area is 138 Å². The summed E-state index contributed by atoms with van der Waals surface area (Å²) >= 11 is 0. The summed E-state index contributed by atoms with van der Waals surface area (Å²) in [5.74, 6) is 1.04. The van der Waals surface area contributed by atoms with E-state index in [1.54, 1.807) is 6.20 Å². The second-order valence-electron chi connectivity index (χ2n) is 5.81. The van der Waals surface area contributed by atoms with Crippen molar-refractivity contribution in [2.75, 3.05) is 24.6 Å². The van der Waals surface area contributed by atoms with Crippen molar-refractivity contribution in [3.05, 3.63) is 48.4 Å². The first-order valence-corrected chi connectivity index (χ1v) is 7.84. The molecule has 0 N–H and O–H groups in total. The van der Waals surface area contributed by atoms with E-state index >= 15 is 0 Å². The van der Waals surface area contributed by atoms with Gasteiger partial charge in [-0.3, -0.25) is 0 Å². The highest BCUT2D eigenvalue weighted by molar-refractivity contribution is 5.45. The maximum atomic E-state index is 12.5. The van der Waals surface area contributed by atoms with Crippen molar-refractivity contribution < 1.29 is 17.9 Å².